The monoisotopic (exact) mass is 638 g/mol. The average Bonchev–Trinajstić information content (AvgIpc) is 3.39. The molecule has 0 aromatic heterocycles. The van der Waals surface area contributed by atoms with E-state index in [1.807, 2.05) is 12.1 Å². The number of esters is 2. The number of carbonyl (C=O) groups excluding carboxylic acids is 2. The molecule has 1 aromatic carbocycles. The summed E-state index contributed by atoms with van der Waals surface area (Å²) in [6, 6.07) is 4.02. The molecule has 1 saturated carbocycles. The fourth-order valence-corrected chi connectivity index (χ4v) is 8.83. The van der Waals surface area contributed by atoms with Gasteiger partial charge in [-0.1, -0.05) is 109 Å². The molecule has 1 heterocycles. The van der Waals surface area contributed by atoms with Crippen molar-refractivity contribution in [2.24, 2.45) is 5.92 Å². The summed E-state index contributed by atoms with van der Waals surface area (Å²) in [6.07, 6.45) is 23.4. The first kappa shape index (κ1) is 34.8. The summed E-state index contributed by atoms with van der Waals surface area (Å²) in [5.74, 6) is 0.800. The molecular weight excluding hydrogens is 580 g/mol. The second kappa shape index (κ2) is 16.0. The average molecular weight is 639 g/mol. The van der Waals surface area contributed by atoms with Gasteiger partial charge < -0.3 is 24.1 Å². The van der Waals surface area contributed by atoms with E-state index in [4.69, 9.17) is 18.9 Å². The highest BCUT2D eigenvalue weighted by molar-refractivity contribution is 5.80. The van der Waals surface area contributed by atoms with Crippen LogP contribution in [0.25, 0.3) is 0 Å². The number of methoxy groups -OCH3 is 1. The molecule has 1 N–H and O–H groups in total. The molecule has 1 aromatic rings. The van der Waals surface area contributed by atoms with Crippen molar-refractivity contribution in [1.82, 2.24) is 0 Å². The van der Waals surface area contributed by atoms with E-state index < -0.39 is 29.2 Å². The molecule has 1 spiro atoms. The van der Waals surface area contributed by atoms with Crippen LogP contribution in [0.15, 0.2) is 24.0 Å². The number of ether oxygens (including phenoxy) is 4. The van der Waals surface area contributed by atoms with Gasteiger partial charge in [0.05, 0.1) is 18.1 Å². The Bertz CT molecular complexity index is 1220. The summed E-state index contributed by atoms with van der Waals surface area (Å²) in [5.41, 5.74) is 0.536. The molecule has 0 saturated heterocycles. The minimum Gasteiger partial charge on any atom is -0.493 e. The number of benzene rings is 1. The number of unbranched alkanes of at least 4 members (excludes halogenated alkanes) is 14. The van der Waals surface area contributed by atoms with Gasteiger partial charge in [0.2, 0.25) is 0 Å². The van der Waals surface area contributed by atoms with Gasteiger partial charge in [0.25, 0.3) is 0 Å². The number of rotatable bonds is 20. The SMILES string of the molecule is CCCCCCCCCCCCCCCCCC(=O)O[C@@H](C)C(=O)OC1=CC[C@]2(O)[C@H]3CCC[C@]24c2c(ccc(OC)c2O[C@H]14)C3. The fourth-order valence-electron chi connectivity index (χ4n) is 8.83. The second-order valence-corrected chi connectivity index (χ2v) is 14.4. The van der Waals surface area contributed by atoms with Crippen LogP contribution < -0.4 is 9.47 Å². The minimum absolute atomic E-state index is 0.118. The highest BCUT2D eigenvalue weighted by Crippen LogP contribution is 2.67. The van der Waals surface area contributed by atoms with Crippen LogP contribution in [-0.4, -0.2) is 42.0 Å². The van der Waals surface area contributed by atoms with Gasteiger partial charge in [0.15, 0.2) is 23.7 Å². The Morgan fingerprint density at radius 3 is 2.22 bits per heavy atom. The van der Waals surface area contributed by atoms with Crippen LogP contribution in [0.3, 0.4) is 0 Å². The predicted molar refractivity (Wildman–Crippen MR) is 179 cm³/mol. The molecule has 256 valence electrons. The maximum absolute atomic E-state index is 13.2. The molecule has 5 rings (SSSR count). The van der Waals surface area contributed by atoms with Crippen LogP contribution in [-0.2, 0) is 30.9 Å². The fraction of sp³-hybridized carbons (Fsp3) is 0.744. The summed E-state index contributed by atoms with van der Waals surface area (Å²) in [6.45, 7) is 3.83. The van der Waals surface area contributed by atoms with Gasteiger partial charge >= 0.3 is 11.9 Å². The van der Waals surface area contributed by atoms with Gasteiger partial charge in [-0.3, -0.25) is 4.79 Å². The molecular formula is C39H58O7. The van der Waals surface area contributed by atoms with E-state index in [2.05, 4.69) is 13.0 Å². The Morgan fingerprint density at radius 2 is 1.59 bits per heavy atom. The van der Waals surface area contributed by atoms with Crippen LogP contribution in [0, 0.1) is 5.92 Å². The summed E-state index contributed by atoms with van der Waals surface area (Å²) in [4.78, 5) is 25.7. The van der Waals surface area contributed by atoms with Crippen LogP contribution in [0.4, 0.5) is 0 Å². The van der Waals surface area contributed by atoms with Gasteiger partial charge in [0, 0.05) is 12.0 Å². The van der Waals surface area contributed by atoms with Crippen molar-refractivity contribution in [3.05, 3.63) is 35.1 Å². The van der Waals surface area contributed by atoms with Crippen LogP contribution >= 0.6 is 0 Å². The molecule has 2 bridgehead atoms. The summed E-state index contributed by atoms with van der Waals surface area (Å²) < 4.78 is 23.6. The number of hydrogen-bond donors (Lipinski definition) is 1. The molecule has 5 atom stereocenters. The van der Waals surface area contributed by atoms with Crippen molar-refractivity contribution >= 4 is 11.9 Å². The van der Waals surface area contributed by atoms with E-state index >= 15 is 0 Å². The first-order valence-corrected chi connectivity index (χ1v) is 18.6. The molecule has 7 nitrogen and oxygen atoms in total. The zero-order valence-corrected chi connectivity index (χ0v) is 28.7. The standard InChI is InChI=1S/C39H58O7/c1-4-5-6-7-8-9-10-11-12-13-14-15-16-17-18-21-33(40)44-28(2)37(41)45-32-24-26-39(42)30-20-19-25-38(39)34-29(27-30)22-23-31(43-3)35(34)46-36(32)38/h22-24,28,30,36,42H,4-21,25-27H2,1-3H3/t28-,30-,36+,38+,39-/m0/s1. The van der Waals surface area contributed by atoms with Crippen molar-refractivity contribution < 1.29 is 33.6 Å². The van der Waals surface area contributed by atoms with E-state index in [-0.39, 0.29) is 11.9 Å². The summed E-state index contributed by atoms with van der Waals surface area (Å²) in [7, 11) is 1.62. The minimum atomic E-state index is -1.03. The number of aliphatic hydroxyl groups is 1. The first-order chi connectivity index (χ1) is 22.4. The molecule has 7 heteroatoms. The third kappa shape index (κ3) is 7.15. The lowest BCUT2D eigenvalue weighted by Crippen LogP contribution is -2.67. The quantitative estimate of drug-likeness (QED) is 0.113. The Hall–Kier alpha value is -2.54. The van der Waals surface area contributed by atoms with Gasteiger partial charge in [-0.25, -0.2) is 4.79 Å². The Balaban J connectivity index is 1.02. The summed E-state index contributed by atoms with van der Waals surface area (Å²) in [5, 5.41) is 12.2. The van der Waals surface area contributed by atoms with Gasteiger partial charge in [-0.05, 0) is 62.7 Å². The van der Waals surface area contributed by atoms with Crippen molar-refractivity contribution in [2.45, 2.75) is 172 Å². The van der Waals surface area contributed by atoms with Crippen LogP contribution in [0.1, 0.15) is 153 Å². The lowest BCUT2D eigenvalue weighted by atomic mass is 9.47. The normalized spacial score (nSPS) is 26.0. The Kier molecular flexibility index (Phi) is 12.1. The largest absolute Gasteiger partial charge is 0.493 e. The molecule has 46 heavy (non-hydrogen) atoms. The summed E-state index contributed by atoms with van der Waals surface area (Å²) >= 11 is 0. The lowest BCUT2D eigenvalue weighted by Gasteiger charge is -2.59. The third-order valence-electron chi connectivity index (χ3n) is 11.3. The zero-order chi connectivity index (χ0) is 32.6. The molecule has 1 fully saturated rings. The van der Waals surface area contributed by atoms with Crippen LogP contribution in [0.5, 0.6) is 11.5 Å². The first-order valence-electron chi connectivity index (χ1n) is 18.6. The Morgan fingerprint density at radius 1 is 0.957 bits per heavy atom. The van der Waals surface area contributed by atoms with Crippen LogP contribution in [0.2, 0.25) is 0 Å². The smallest absolute Gasteiger partial charge is 0.352 e. The van der Waals surface area contributed by atoms with E-state index in [1.54, 1.807) is 14.0 Å². The van der Waals surface area contributed by atoms with E-state index in [0.29, 0.717) is 30.1 Å². The maximum atomic E-state index is 13.2. The predicted octanol–water partition coefficient (Wildman–Crippen LogP) is 8.81. The Labute approximate surface area is 276 Å². The molecule has 0 amide bonds. The highest BCUT2D eigenvalue weighted by Gasteiger charge is 2.71. The third-order valence-corrected chi connectivity index (χ3v) is 11.3. The zero-order valence-electron chi connectivity index (χ0n) is 28.7. The van der Waals surface area contributed by atoms with E-state index in [0.717, 1.165) is 50.5 Å². The van der Waals surface area contributed by atoms with Crippen molar-refractivity contribution in [2.75, 3.05) is 7.11 Å². The lowest BCUT2D eigenvalue weighted by molar-refractivity contribution is -0.171. The van der Waals surface area contributed by atoms with Crippen molar-refractivity contribution in [3.8, 4) is 11.5 Å². The molecule has 3 aliphatic carbocycles. The van der Waals surface area contributed by atoms with E-state index in [1.165, 1.54) is 82.6 Å². The molecule has 1 aliphatic heterocycles. The molecule has 4 aliphatic rings. The topological polar surface area (TPSA) is 91.3 Å². The van der Waals surface area contributed by atoms with Gasteiger partial charge in [0.1, 0.15) is 5.76 Å². The van der Waals surface area contributed by atoms with Crippen molar-refractivity contribution in [1.29, 1.82) is 0 Å². The molecule has 0 radical (unpaired) electrons. The number of carbonyl (C=O) groups is 2. The highest BCUT2D eigenvalue weighted by atomic mass is 16.6. The van der Waals surface area contributed by atoms with Crippen molar-refractivity contribution in [3.63, 3.8) is 0 Å². The van der Waals surface area contributed by atoms with Gasteiger partial charge in [-0.15, -0.1) is 0 Å². The maximum Gasteiger partial charge on any atom is 0.352 e. The van der Waals surface area contributed by atoms with Gasteiger partial charge in [-0.2, -0.15) is 0 Å². The number of hydrogen-bond acceptors (Lipinski definition) is 7. The second-order valence-electron chi connectivity index (χ2n) is 14.4. The van der Waals surface area contributed by atoms with E-state index in [9.17, 15) is 14.7 Å². The molecule has 0 unspecified atom stereocenters.